The summed E-state index contributed by atoms with van der Waals surface area (Å²) in [6, 6.07) is 10.3. The minimum atomic E-state index is 0.110. The number of hydrogen-bond acceptors (Lipinski definition) is 3. The summed E-state index contributed by atoms with van der Waals surface area (Å²) in [7, 11) is 0. The Morgan fingerprint density at radius 1 is 1.38 bits per heavy atom. The van der Waals surface area contributed by atoms with Gasteiger partial charge in [-0.2, -0.15) is 0 Å². The second kappa shape index (κ2) is 8.03. The number of amidine groups is 1. The summed E-state index contributed by atoms with van der Waals surface area (Å²) in [5.74, 6) is 1.85. The second-order valence-electron chi connectivity index (χ2n) is 6.30. The van der Waals surface area contributed by atoms with Crippen LogP contribution in [0.3, 0.4) is 0 Å². The Morgan fingerprint density at radius 3 is 2.81 bits per heavy atom. The van der Waals surface area contributed by atoms with Gasteiger partial charge in [0.25, 0.3) is 0 Å². The van der Waals surface area contributed by atoms with Crippen LogP contribution in [-0.4, -0.2) is 17.6 Å². The predicted molar refractivity (Wildman–Crippen MR) is 86.3 cm³/mol. The van der Waals surface area contributed by atoms with Gasteiger partial charge < -0.3 is 16.3 Å². The molecule has 3 unspecified atom stereocenters. The maximum Gasteiger partial charge on any atom is 0.141 e. The zero-order chi connectivity index (χ0) is 15.1. The highest BCUT2D eigenvalue weighted by Crippen LogP contribution is 2.28. The summed E-state index contributed by atoms with van der Waals surface area (Å²) in [6.45, 7) is 3.35. The van der Waals surface area contributed by atoms with Crippen LogP contribution in [-0.2, 0) is 0 Å². The molecule has 1 fully saturated rings. The summed E-state index contributed by atoms with van der Waals surface area (Å²) in [4.78, 5) is 0. The molecular weight excluding hydrogens is 262 g/mol. The van der Waals surface area contributed by atoms with Gasteiger partial charge in [0.2, 0.25) is 0 Å². The Kier molecular flexibility index (Phi) is 6.05. The summed E-state index contributed by atoms with van der Waals surface area (Å²) in [6.07, 6.45) is 5.84. The van der Waals surface area contributed by atoms with E-state index in [0.717, 1.165) is 18.4 Å². The Balaban J connectivity index is 1.95. The smallest absolute Gasteiger partial charge is 0.141 e. The molecule has 0 spiro atoms. The van der Waals surface area contributed by atoms with E-state index in [1.165, 1.54) is 31.2 Å². The van der Waals surface area contributed by atoms with E-state index >= 15 is 0 Å². The van der Waals surface area contributed by atoms with Gasteiger partial charge in [0.05, 0.1) is 0 Å². The van der Waals surface area contributed by atoms with Gasteiger partial charge >= 0.3 is 0 Å². The third-order valence-corrected chi connectivity index (χ3v) is 4.44. The first-order chi connectivity index (χ1) is 10.2. The largest absolute Gasteiger partial charge is 0.409 e. The van der Waals surface area contributed by atoms with E-state index in [2.05, 4.69) is 29.5 Å². The highest BCUT2D eigenvalue weighted by molar-refractivity contribution is 5.80. The third-order valence-electron chi connectivity index (χ3n) is 4.44. The summed E-state index contributed by atoms with van der Waals surface area (Å²) >= 11 is 0. The number of rotatable bonds is 6. The Bertz CT molecular complexity index is 447. The third kappa shape index (κ3) is 5.05. The molecule has 0 radical (unpaired) electrons. The van der Waals surface area contributed by atoms with Gasteiger partial charge in [0.15, 0.2) is 0 Å². The quantitative estimate of drug-likeness (QED) is 0.326. The van der Waals surface area contributed by atoms with Gasteiger partial charge in [0.1, 0.15) is 5.84 Å². The summed E-state index contributed by atoms with van der Waals surface area (Å²) in [5, 5.41) is 15.6. The van der Waals surface area contributed by atoms with Crippen LogP contribution in [0.4, 0.5) is 0 Å². The van der Waals surface area contributed by atoms with Crippen molar-refractivity contribution < 1.29 is 5.21 Å². The number of nitrogens with zero attached hydrogens (tertiary/aromatic N) is 1. The fraction of sp³-hybridized carbons (Fsp3) is 0.588. The zero-order valence-corrected chi connectivity index (χ0v) is 12.8. The molecular formula is C17H27N3O. The second-order valence-corrected chi connectivity index (χ2v) is 6.30. The van der Waals surface area contributed by atoms with Crippen LogP contribution < -0.4 is 11.1 Å². The molecule has 0 amide bonds. The molecule has 0 heterocycles. The lowest BCUT2D eigenvalue weighted by atomic mass is 9.82. The Labute approximate surface area is 127 Å². The van der Waals surface area contributed by atoms with Crippen LogP contribution in [0.5, 0.6) is 0 Å². The average molecular weight is 289 g/mol. The molecule has 1 saturated carbocycles. The standard InChI is InChI=1S/C17H27N3O/c1-13-6-5-7-14(10-13)12-19-16(11-17(18)20-21)15-8-3-2-4-9-15/h2-4,8-9,13-14,16,19,21H,5-7,10-12H2,1H3,(H2,18,20). The van der Waals surface area contributed by atoms with Gasteiger partial charge in [-0.25, -0.2) is 0 Å². The highest BCUT2D eigenvalue weighted by Gasteiger charge is 2.20. The van der Waals surface area contributed by atoms with Crippen molar-refractivity contribution in [1.29, 1.82) is 0 Å². The molecule has 4 heteroatoms. The fourth-order valence-corrected chi connectivity index (χ4v) is 3.30. The Hall–Kier alpha value is -1.55. The molecule has 1 aliphatic rings. The molecule has 0 bridgehead atoms. The summed E-state index contributed by atoms with van der Waals surface area (Å²) in [5.41, 5.74) is 6.89. The Morgan fingerprint density at radius 2 is 2.14 bits per heavy atom. The predicted octanol–water partition coefficient (Wildman–Crippen LogP) is 3.28. The first-order valence-corrected chi connectivity index (χ1v) is 7.93. The topological polar surface area (TPSA) is 70.6 Å². The van der Waals surface area contributed by atoms with Gasteiger partial charge in [-0.3, -0.25) is 0 Å². The average Bonchev–Trinajstić information content (AvgIpc) is 2.52. The van der Waals surface area contributed by atoms with Gasteiger partial charge in [-0.15, -0.1) is 0 Å². The molecule has 116 valence electrons. The molecule has 1 aliphatic carbocycles. The normalized spacial score (nSPS) is 24.7. The van der Waals surface area contributed by atoms with Crippen molar-refractivity contribution >= 4 is 5.84 Å². The number of benzene rings is 1. The molecule has 0 saturated heterocycles. The molecule has 21 heavy (non-hydrogen) atoms. The number of nitrogens with two attached hydrogens (primary N) is 1. The van der Waals surface area contributed by atoms with E-state index in [9.17, 15) is 0 Å². The maximum atomic E-state index is 8.82. The van der Waals surface area contributed by atoms with Crippen LogP contribution in [0.25, 0.3) is 0 Å². The van der Waals surface area contributed by atoms with Crippen molar-refractivity contribution in [3.05, 3.63) is 35.9 Å². The van der Waals surface area contributed by atoms with Crippen LogP contribution in [0.1, 0.15) is 50.6 Å². The number of hydrogen-bond donors (Lipinski definition) is 3. The first-order valence-electron chi connectivity index (χ1n) is 7.93. The van der Waals surface area contributed by atoms with Crippen molar-refractivity contribution in [1.82, 2.24) is 5.32 Å². The lowest BCUT2D eigenvalue weighted by Gasteiger charge is -2.29. The molecule has 2 rings (SSSR count). The van der Waals surface area contributed by atoms with E-state index in [1.807, 2.05) is 18.2 Å². The lowest BCUT2D eigenvalue weighted by Crippen LogP contribution is -2.32. The molecule has 4 nitrogen and oxygen atoms in total. The van der Waals surface area contributed by atoms with Crippen molar-refractivity contribution in [3.63, 3.8) is 0 Å². The minimum Gasteiger partial charge on any atom is -0.409 e. The van der Waals surface area contributed by atoms with E-state index in [-0.39, 0.29) is 11.9 Å². The van der Waals surface area contributed by atoms with Crippen LogP contribution in [0, 0.1) is 11.8 Å². The summed E-state index contributed by atoms with van der Waals surface area (Å²) < 4.78 is 0. The van der Waals surface area contributed by atoms with Crippen molar-refractivity contribution in [2.75, 3.05) is 6.54 Å². The van der Waals surface area contributed by atoms with Gasteiger partial charge in [-0.05, 0) is 36.8 Å². The lowest BCUT2D eigenvalue weighted by molar-refractivity contribution is 0.267. The molecule has 3 atom stereocenters. The monoisotopic (exact) mass is 289 g/mol. The van der Waals surface area contributed by atoms with Crippen molar-refractivity contribution in [2.45, 2.75) is 45.1 Å². The molecule has 0 aliphatic heterocycles. The van der Waals surface area contributed by atoms with Crippen LogP contribution >= 0.6 is 0 Å². The number of oxime groups is 1. The zero-order valence-electron chi connectivity index (χ0n) is 12.8. The van der Waals surface area contributed by atoms with E-state index in [4.69, 9.17) is 10.9 Å². The van der Waals surface area contributed by atoms with Crippen molar-refractivity contribution in [2.24, 2.45) is 22.7 Å². The van der Waals surface area contributed by atoms with E-state index in [0.29, 0.717) is 6.42 Å². The molecule has 0 aromatic heterocycles. The molecule has 1 aromatic rings. The molecule has 4 N–H and O–H groups in total. The minimum absolute atomic E-state index is 0.110. The first kappa shape index (κ1) is 15.8. The maximum absolute atomic E-state index is 8.82. The van der Waals surface area contributed by atoms with E-state index in [1.54, 1.807) is 0 Å². The van der Waals surface area contributed by atoms with Crippen LogP contribution in [0.15, 0.2) is 35.5 Å². The van der Waals surface area contributed by atoms with Gasteiger partial charge in [-0.1, -0.05) is 55.3 Å². The fourth-order valence-electron chi connectivity index (χ4n) is 3.30. The van der Waals surface area contributed by atoms with Crippen molar-refractivity contribution in [3.8, 4) is 0 Å². The van der Waals surface area contributed by atoms with Gasteiger partial charge in [0, 0.05) is 12.5 Å². The SMILES string of the molecule is CC1CCCC(CNC(C/C(N)=N/O)c2ccccc2)C1. The van der Waals surface area contributed by atoms with E-state index < -0.39 is 0 Å². The van der Waals surface area contributed by atoms with Crippen LogP contribution in [0.2, 0.25) is 0 Å². The molecule has 1 aromatic carbocycles. The number of nitrogens with one attached hydrogen (secondary N) is 1. The highest BCUT2D eigenvalue weighted by atomic mass is 16.4.